The fourth-order valence-corrected chi connectivity index (χ4v) is 5.67. The number of aliphatic carboxylic acids is 1. The highest BCUT2D eigenvalue weighted by atomic mass is 19.4. The van der Waals surface area contributed by atoms with Crippen molar-refractivity contribution in [1.82, 2.24) is 19.4 Å². The van der Waals surface area contributed by atoms with Crippen LogP contribution >= 0.6 is 0 Å². The highest BCUT2D eigenvalue weighted by Gasteiger charge is 2.46. The second-order valence-corrected chi connectivity index (χ2v) is 10.9. The molecule has 9 nitrogen and oxygen atoms in total. The van der Waals surface area contributed by atoms with Gasteiger partial charge in [-0.2, -0.15) is 13.2 Å². The van der Waals surface area contributed by atoms with Crippen molar-refractivity contribution in [2.45, 2.75) is 45.3 Å². The fourth-order valence-electron chi connectivity index (χ4n) is 5.67. The normalized spacial score (nSPS) is 16.6. The first-order valence-electron chi connectivity index (χ1n) is 13.4. The maximum Gasteiger partial charge on any atom is 0.401 e. The molecule has 4 rings (SSSR count). The molecule has 1 aromatic heterocycles. The van der Waals surface area contributed by atoms with Gasteiger partial charge >= 0.3 is 17.8 Å². The van der Waals surface area contributed by atoms with Crippen molar-refractivity contribution in [1.29, 1.82) is 0 Å². The number of likely N-dealkylation sites (tertiary alicyclic amines) is 1. The van der Waals surface area contributed by atoms with Gasteiger partial charge in [-0.1, -0.05) is 44.2 Å². The molecule has 1 atom stereocenters. The Balaban J connectivity index is 1.63. The Morgan fingerprint density at radius 2 is 1.66 bits per heavy atom. The number of halogens is 3. The average Bonchev–Trinajstić information content (AvgIpc) is 2.90. The van der Waals surface area contributed by atoms with Gasteiger partial charge in [0, 0.05) is 31.1 Å². The lowest BCUT2D eigenvalue weighted by Crippen LogP contribution is -2.56. The van der Waals surface area contributed by atoms with Crippen LogP contribution in [0.1, 0.15) is 32.3 Å². The largest absolute Gasteiger partial charge is 0.480 e. The van der Waals surface area contributed by atoms with E-state index in [1.807, 2.05) is 13.8 Å². The van der Waals surface area contributed by atoms with Gasteiger partial charge in [-0.25, -0.2) is 14.2 Å². The number of rotatable bonds is 8. The molecule has 0 saturated carbocycles. The fraction of sp³-hybridized carbons (Fsp3) is 0.448. The first-order valence-corrected chi connectivity index (χ1v) is 13.4. The van der Waals surface area contributed by atoms with Crippen LogP contribution in [0.4, 0.5) is 13.2 Å². The third-order valence-electron chi connectivity index (χ3n) is 8.12. The van der Waals surface area contributed by atoms with E-state index in [9.17, 15) is 37.5 Å². The molecule has 12 heteroatoms. The molecule has 0 spiro atoms. The van der Waals surface area contributed by atoms with E-state index in [0.717, 1.165) is 4.57 Å². The van der Waals surface area contributed by atoms with Gasteiger partial charge < -0.3 is 15.0 Å². The van der Waals surface area contributed by atoms with E-state index < -0.39 is 47.3 Å². The average molecular weight is 575 g/mol. The number of amides is 1. The van der Waals surface area contributed by atoms with Gasteiger partial charge in [-0.05, 0) is 48.9 Å². The SMILES string of the molecule is CC(C)C1(C(=O)N[C@@H](Cc2cccc3c(-n4c(=O)ccn(C)c4=O)cccc23)C(=O)O)CCN(CC(F)(F)F)CC1. The number of fused-ring (bicyclic) bond motifs is 1. The van der Waals surface area contributed by atoms with Crippen molar-refractivity contribution in [2.75, 3.05) is 19.6 Å². The molecule has 3 aromatic rings. The van der Waals surface area contributed by atoms with Crippen molar-refractivity contribution < 1.29 is 27.9 Å². The zero-order valence-electron chi connectivity index (χ0n) is 23.1. The number of nitrogens with one attached hydrogen (secondary N) is 1. The second-order valence-electron chi connectivity index (χ2n) is 10.9. The Kier molecular flexibility index (Phi) is 8.44. The summed E-state index contributed by atoms with van der Waals surface area (Å²) in [5, 5.41) is 13.9. The van der Waals surface area contributed by atoms with E-state index >= 15 is 0 Å². The lowest BCUT2D eigenvalue weighted by Gasteiger charge is -2.43. The maximum absolute atomic E-state index is 13.6. The van der Waals surface area contributed by atoms with Crippen LogP contribution in [0.25, 0.3) is 16.5 Å². The molecule has 2 aromatic carbocycles. The number of aromatic nitrogens is 2. The molecule has 1 aliphatic heterocycles. The molecule has 0 bridgehead atoms. The topological polar surface area (TPSA) is 114 Å². The summed E-state index contributed by atoms with van der Waals surface area (Å²) in [6.45, 7) is 2.74. The highest BCUT2D eigenvalue weighted by Crippen LogP contribution is 2.40. The van der Waals surface area contributed by atoms with Crippen molar-refractivity contribution in [3.8, 4) is 5.69 Å². The van der Waals surface area contributed by atoms with E-state index in [1.165, 1.54) is 28.8 Å². The van der Waals surface area contributed by atoms with Crippen LogP contribution in [0.3, 0.4) is 0 Å². The predicted molar refractivity (Wildman–Crippen MR) is 147 cm³/mol. The summed E-state index contributed by atoms with van der Waals surface area (Å²) in [7, 11) is 1.53. The Morgan fingerprint density at radius 3 is 2.27 bits per heavy atom. The summed E-state index contributed by atoms with van der Waals surface area (Å²) in [5.41, 5.74) is -1.13. The number of alkyl halides is 3. The predicted octanol–water partition coefficient (Wildman–Crippen LogP) is 3.10. The second kappa shape index (κ2) is 11.5. The van der Waals surface area contributed by atoms with E-state index in [-0.39, 0.29) is 38.3 Å². The monoisotopic (exact) mass is 574 g/mol. The summed E-state index contributed by atoms with van der Waals surface area (Å²) in [6.07, 6.45) is -2.69. The number of hydrogen-bond donors (Lipinski definition) is 2. The minimum Gasteiger partial charge on any atom is -0.480 e. The molecule has 1 saturated heterocycles. The molecular formula is C29H33F3N4O5. The van der Waals surface area contributed by atoms with Crippen molar-refractivity contribution in [2.24, 2.45) is 18.4 Å². The van der Waals surface area contributed by atoms with E-state index in [2.05, 4.69) is 5.32 Å². The van der Waals surface area contributed by atoms with E-state index in [1.54, 1.807) is 36.4 Å². The Hall–Kier alpha value is -3.93. The first kappa shape index (κ1) is 30.0. The number of carboxylic acid groups (broad SMARTS) is 1. The van der Waals surface area contributed by atoms with Gasteiger partial charge in [-0.3, -0.25) is 14.5 Å². The van der Waals surface area contributed by atoms with E-state index in [0.29, 0.717) is 22.0 Å². The number of aryl methyl sites for hydroxylation is 1. The summed E-state index contributed by atoms with van der Waals surface area (Å²) in [6, 6.07) is 10.1. The third-order valence-corrected chi connectivity index (χ3v) is 8.12. The van der Waals surface area contributed by atoms with E-state index in [4.69, 9.17) is 0 Å². The molecule has 1 fully saturated rings. The Labute approximate surface area is 234 Å². The first-order chi connectivity index (χ1) is 19.2. The number of carbonyl (C=O) groups is 2. The molecule has 220 valence electrons. The maximum atomic E-state index is 13.6. The highest BCUT2D eigenvalue weighted by molar-refractivity contribution is 5.93. The van der Waals surface area contributed by atoms with Crippen LogP contribution in [0, 0.1) is 11.3 Å². The molecule has 0 unspecified atom stereocenters. The molecule has 1 aliphatic rings. The minimum atomic E-state index is -4.34. The summed E-state index contributed by atoms with van der Waals surface area (Å²) in [4.78, 5) is 52.5. The quantitative estimate of drug-likeness (QED) is 0.428. The Morgan fingerprint density at radius 1 is 1.02 bits per heavy atom. The number of carboxylic acids is 1. The van der Waals surface area contributed by atoms with Crippen LogP contribution in [-0.4, -0.2) is 62.9 Å². The Bertz CT molecular complexity index is 1570. The number of nitrogens with zero attached hydrogens (tertiary/aromatic N) is 3. The van der Waals surface area contributed by atoms with Gasteiger partial charge in [0.1, 0.15) is 6.04 Å². The smallest absolute Gasteiger partial charge is 0.401 e. The van der Waals surface area contributed by atoms with Crippen LogP contribution < -0.4 is 16.6 Å². The lowest BCUT2D eigenvalue weighted by atomic mass is 9.69. The number of benzene rings is 2. The molecule has 2 heterocycles. The van der Waals surface area contributed by atoms with Gasteiger partial charge in [0.05, 0.1) is 17.6 Å². The number of piperidine rings is 1. The molecule has 0 radical (unpaired) electrons. The summed E-state index contributed by atoms with van der Waals surface area (Å²) >= 11 is 0. The van der Waals surface area contributed by atoms with Gasteiger partial charge in [0.2, 0.25) is 5.91 Å². The summed E-state index contributed by atoms with van der Waals surface area (Å²) < 4.78 is 41.0. The molecule has 1 amide bonds. The standard InChI is InChI=1S/C29H33F3N4O5/c1-18(2)28(11-14-35(15-12-28)17-29(30,31)32)26(40)33-22(25(38)39)16-19-6-4-8-21-20(19)7-5-9-23(21)36-24(37)10-13-34(3)27(36)41/h4-10,13,18,22H,11-12,14-17H2,1-3H3,(H,33,40)(H,38,39)/t22-/m0/s1. The van der Waals surface area contributed by atoms with Crippen LogP contribution in [-0.2, 0) is 23.1 Å². The lowest BCUT2D eigenvalue weighted by molar-refractivity contribution is -0.156. The molecule has 41 heavy (non-hydrogen) atoms. The zero-order valence-corrected chi connectivity index (χ0v) is 23.1. The molecule has 2 N–H and O–H groups in total. The van der Waals surface area contributed by atoms with Gasteiger partial charge in [0.25, 0.3) is 5.56 Å². The minimum absolute atomic E-state index is 0.0767. The molecular weight excluding hydrogens is 541 g/mol. The van der Waals surface area contributed by atoms with Crippen molar-refractivity contribution in [3.05, 3.63) is 75.1 Å². The van der Waals surface area contributed by atoms with Crippen LogP contribution in [0.2, 0.25) is 0 Å². The summed E-state index contributed by atoms with van der Waals surface area (Å²) in [5.74, 6) is -1.98. The van der Waals surface area contributed by atoms with Gasteiger partial charge in [0.15, 0.2) is 0 Å². The zero-order chi connectivity index (χ0) is 30.1. The van der Waals surface area contributed by atoms with Crippen LogP contribution in [0.5, 0.6) is 0 Å². The third kappa shape index (κ3) is 6.22. The van der Waals surface area contributed by atoms with Crippen LogP contribution in [0.15, 0.2) is 58.3 Å². The molecule has 0 aliphatic carbocycles. The van der Waals surface area contributed by atoms with Gasteiger partial charge in [-0.15, -0.1) is 0 Å². The number of hydrogen-bond acceptors (Lipinski definition) is 5. The number of carbonyl (C=O) groups excluding carboxylic acids is 1. The van der Waals surface area contributed by atoms with Crippen molar-refractivity contribution in [3.63, 3.8) is 0 Å². The van der Waals surface area contributed by atoms with Crippen molar-refractivity contribution >= 4 is 22.6 Å².